The van der Waals surface area contributed by atoms with Crippen molar-refractivity contribution in [2.75, 3.05) is 7.05 Å². The molecule has 0 aliphatic carbocycles. The molecule has 84 valence electrons. The molecular formula is C9H17N5O. The van der Waals surface area contributed by atoms with Crippen LogP contribution in [-0.2, 0) is 11.3 Å². The number of nitrogens with two attached hydrogens (primary N) is 1. The first-order chi connectivity index (χ1) is 6.88. The lowest BCUT2D eigenvalue weighted by Gasteiger charge is -2.22. The lowest BCUT2D eigenvalue weighted by molar-refractivity contribution is -0.131. The van der Waals surface area contributed by atoms with Crippen molar-refractivity contribution in [3.8, 4) is 0 Å². The van der Waals surface area contributed by atoms with Crippen molar-refractivity contribution in [2.24, 2.45) is 5.73 Å². The summed E-state index contributed by atoms with van der Waals surface area (Å²) in [6.45, 7) is 4.08. The van der Waals surface area contributed by atoms with Gasteiger partial charge in [0, 0.05) is 19.0 Å². The second kappa shape index (κ2) is 4.39. The Kier molecular flexibility index (Phi) is 3.41. The maximum Gasteiger partial charge on any atom is 0.224 e. The van der Waals surface area contributed by atoms with Gasteiger partial charge in [-0.15, -0.1) is 0 Å². The number of carbonyl (C=O) groups is 1. The highest BCUT2D eigenvalue weighted by Gasteiger charge is 2.19. The summed E-state index contributed by atoms with van der Waals surface area (Å²) in [4.78, 5) is 17.2. The summed E-state index contributed by atoms with van der Waals surface area (Å²) in [5, 5.41) is 6.41. The number of amides is 1. The Labute approximate surface area is 88.9 Å². The van der Waals surface area contributed by atoms with Gasteiger partial charge in [-0.3, -0.25) is 9.89 Å². The minimum absolute atomic E-state index is 0.00102. The molecule has 3 N–H and O–H groups in total. The van der Waals surface area contributed by atoms with Crippen molar-refractivity contribution in [3.63, 3.8) is 0 Å². The lowest BCUT2D eigenvalue weighted by atomic mass is 10.0. The molecule has 0 aliphatic heterocycles. The summed E-state index contributed by atoms with van der Waals surface area (Å²) in [6.07, 6.45) is 1.73. The minimum atomic E-state index is -0.479. The first-order valence-electron chi connectivity index (χ1n) is 4.75. The average Bonchev–Trinajstić information content (AvgIpc) is 2.53. The topological polar surface area (TPSA) is 87.9 Å². The molecule has 0 saturated heterocycles. The predicted molar refractivity (Wildman–Crippen MR) is 55.7 cm³/mol. The van der Waals surface area contributed by atoms with Crippen LogP contribution in [0.1, 0.15) is 26.1 Å². The molecule has 15 heavy (non-hydrogen) atoms. The van der Waals surface area contributed by atoms with Crippen LogP contribution in [-0.4, -0.2) is 38.6 Å². The molecule has 0 bridgehead atoms. The molecule has 1 aromatic rings. The van der Waals surface area contributed by atoms with E-state index in [0.29, 0.717) is 18.8 Å². The molecule has 0 spiro atoms. The number of carbonyl (C=O) groups excluding carboxylic acids is 1. The summed E-state index contributed by atoms with van der Waals surface area (Å²) in [6, 6.07) is 0. The number of hydrogen-bond acceptors (Lipinski definition) is 4. The monoisotopic (exact) mass is 211 g/mol. The smallest absolute Gasteiger partial charge is 0.224 e. The minimum Gasteiger partial charge on any atom is -0.338 e. The molecule has 0 saturated carbocycles. The summed E-state index contributed by atoms with van der Waals surface area (Å²) >= 11 is 0. The van der Waals surface area contributed by atoms with Crippen molar-refractivity contribution >= 4 is 5.91 Å². The van der Waals surface area contributed by atoms with Crippen LogP contribution in [0.3, 0.4) is 0 Å². The molecule has 0 fully saturated rings. The Bertz CT molecular complexity index is 314. The van der Waals surface area contributed by atoms with E-state index in [1.165, 1.54) is 6.33 Å². The third-order valence-electron chi connectivity index (χ3n) is 1.88. The maximum atomic E-state index is 11.7. The number of rotatable bonds is 4. The molecule has 0 unspecified atom stereocenters. The molecule has 1 rings (SSSR count). The van der Waals surface area contributed by atoms with Crippen LogP contribution in [0.2, 0.25) is 0 Å². The third-order valence-corrected chi connectivity index (χ3v) is 1.88. The van der Waals surface area contributed by atoms with E-state index >= 15 is 0 Å². The van der Waals surface area contributed by atoms with Gasteiger partial charge in [-0.25, -0.2) is 4.98 Å². The van der Waals surface area contributed by atoms with Crippen molar-refractivity contribution in [2.45, 2.75) is 32.4 Å². The van der Waals surface area contributed by atoms with Gasteiger partial charge in [-0.1, -0.05) is 0 Å². The third kappa shape index (κ3) is 4.07. The van der Waals surface area contributed by atoms with E-state index in [1.54, 1.807) is 11.9 Å². The lowest BCUT2D eigenvalue weighted by Crippen LogP contribution is -2.39. The van der Waals surface area contributed by atoms with Gasteiger partial charge in [0.15, 0.2) is 0 Å². The summed E-state index contributed by atoms with van der Waals surface area (Å²) in [5.41, 5.74) is 5.28. The zero-order chi connectivity index (χ0) is 11.5. The summed E-state index contributed by atoms with van der Waals surface area (Å²) < 4.78 is 0. The summed E-state index contributed by atoms with van der Waals surface area (Å²) in [5.74, 6) is 0.666. The molecule has 0 aromatic carbocycles. The molecule has 1 aromatic heterocycles. The molecule has 6 heteroatoms. The van der Waals surface area contributed by atoms with Crippen molar-refractivity contribution in [1.82, 2.24) is 20.1 Å². The van der Waals surface area contributed by atoms with Crippen molar-refractivity contribution in [1.29, 1.82) is 0 Å². The highest BCUT2D eigenvalue weighted by Crippen LogP contribution is 2.07. The normalized spacial score (nSPS) is 11.5. The molecule has 0 aliphatic rings. The van der Waals surface area contributed by atoms with Crippen LogP contribution < -0.4 is 5.73 Å². The molecular weight excluding hydrogens is 194 g/mol. The Hall–Kier alpha value is -1.43. The van der Waals surface area contributed by atoms with Crippen LogP contribution in [0.15, 0.2) is 6.33 Å². The fourth-order valence-electron chi connectivity index (χ4n) is 1.14. The van der Waals surface area contributed by atoms with Gasteiger partial charge < -0.3 is 10.6 Å². The Morgan fingerprint density at radius 1 is 1.67 bits per heavy atom. The Morgan fingerprint density at radius 3 is 2.80 bits per heavy atom. The number of H-pyrrole nitrogens is 1. The SMILES string of the molecule is CN(Cc1ncn[nH]1)C(=O)CC(C)(C)N. The molecule has 0 atom stereocenters. The predicted octanol–water partition coefficient (Wildman–Crippen LogP) is -0.109. The van der Waals surface area contributed by atoms with E-state index in [4.69, 9.17) is 5.73 Å². The first-order valence-corrected chi connectivity index (χ1v) is 4.75. The maximum absolute atomic E-state index is 11.7. The van der Waals surface area contributed by atoms with Crippen LogP contribution >= 0.6 is 0 Å². The van der Waals surface area contributed by atoms with Gasteiger partial charge in [-0.05, 0) is 13.8 Å². The van der Waals surface area contributed by atoms with Crippen LogP contribution in [0.4, 0.5) is 0 Å². The number of aromatic nitrogens is 3. The quantitative estimate of drug-likeness (QED) is 0.727. The molecule has 1 heterocycles. The number of nitrogens with one attached hydrogen (secondary N) is 1. The van der Waals surface area contributed by atoms with Crippen LogP contribution in [0.5, 0.6) is 0 Å². The second-order valence-electron chi connectivity index (χ2n) is 4.35. The largest absolute Gasteiger partial charge is 0.338 e. The van der Waals surface area contributed by atoms with Crippen LogP contribution in [0, 0.1) is 0 Å². The fraction of sp³-hybridized carbons (Fsp3) is 0.667. The average molecular weight is 211 g/mol. The van der Waals surface area contributed by atoms with Gasteiger partial charge in [0.05, 0.1) is 6.54 Å². The van der Waals surface area contributed by atoms with E-state index in [-0.39, 0.29) is 5.91 Å². The number of nitrogens with zero attached hydrogens (tertiary/aromatic N) is 3. The van der Waals surface area contributed by atoms with Crippen LogP contribution in [0.25, 0.3) is 0 Å². The van der Waals surface area contributed by atoms with Gasteiger partial charge in [-0.2, -0.15) is 5.10 Å². The van der Waals surface area contributed by atoms with Gasteiger partial charge in [0.2, 0.25) is 5.91 Å². The number of hydrogen-bond donors (Lipinski definition) is 2. The Morgan fingerprint density at radius 2 is 2.33 bits per heavy atom. The van der Waals surface area contributed by atoms with E-state index in [2.05, 4.69) is 15.2 Å². The van der Waals surface area contributed by atoms with Crippen molar-refractivity contribution < 1.29 is 4.79 Å². The highest BCUT2D eigenvalue weighted by atomic mass is 16.2. The Balaban J connectivity index is 2.47. The van der Waals surface area contributed by atoms with E-state index < -0.39 is 5.54 Å². The molecule has 1 amide bonds. The number of aromatic amines is 1. The molecule has 0 radical (unpaired) electrons. The fourth-order valence-corrected chi connectivity index (χ4v) is 1.14. The van der Waals surface area contributed by atoms with Gasteiger partial charge in [0.25, 0.3) is 0 Å². The standard InChI is InChI=1S/C9H17N5O/c1-9(2,10)4-8(15)14(3)5-7-11-6-12-13-7/h6H,4-5,10H2,1-3H3,(H,11,12,13). The molecule has 6 nitrogen and oxygen atoms in total. The van der Waals surface area contributed by atoms with Gasteiger partial charge in [0.1, 0.15) is 12.2 Å². The second-order valence-corrected chi connectivity index (χ2v) is 4.35. The zero-order valence-electron chi connectivity index (χ0n) is 9.32. The van der Waals surface area contributed by atoms with E-state index in [0.717, 1.165) is 0 Å². The first kappa shape index (κ1) is 11.6. The van der Waals surface area contributed by atoms with Crippen molar-refractivity contribution in [3.05, 3.63) is 12.2 Å². The summed E-state index contributed by atoms with van der Waals surface area (Å²) in [7, 11) is 1.72. The van der Waals surface area contributed by atoms with Gasteiger partial charge >= 0.3 is 0 Å². The van der Waals surface area contributed by atoms with E-state index in [1.807, 2.05) is 13.8 Å². The highest BCUT2D eigenvalue weighted by molar-refractivity contribution is 5.76. The van der Waals surface area contributed by atoms with E-state index in [9.17, 15) is 4.79 Å². The zero-order valence-corrected chi connectivity index (χ0v) is 9.32.